The van der Waals surface area contributed by atoms with Crippen molar-refractivity contribution in [2.45, 2.75) is 26.3 Å². The van der Waals surface area contributed by atoms with E-state index < -0.39 is 0 Å². The molecule has 0 N–H and O–H groups in total. The van der Waals surface area contributed by atoms with E-state index in [2.05, 4.69) is 21.5 Å². The topological polar surface area (TPSA) is 30.7 Å². The van der Waals surface area contributed by atoms with Gasteiger partial charge in [0.05, 0.1) is 5.69 Å². The molecular formula is C13H14ClN3. The summed E-state index contributed by atoms with van der Waals surface area (Å²) >= 11 is 6.20. The molecule has 1 aliphatic rings. The van der Waals surface area contributed by atoms with Gasteiger partial charge >= 0.3 is 0 Å². The minimum atomic E-state index is 0.637. The van der Waals surface area contributed by atoms with Crippen molar-refractivity contribution in [1.82, 2.24) is 14.5 Å². The fourth-order valence-corrected chi connectivity index (χ4v) is 2.65. The zero-order valence-electron chi connectivity index (χ0n) is 9.73. The number of rotatable bonds is 1. The third kappa shape index (κ3) is 1.84. The molecule has 3 rings (SSSR count). The molecule has 17 heavy (non-hydrogen) atoms. The fraction of sp³-hybridized carbons (Fsp3) is 0.385. The highest BCUT2D eigenvalue weighted by atomic mass is 35.5. The number of imidazole rings is 1. The van der Waals surface area contributed by atoms with Gasteiger partial charge in [-0.2, -0.15) is 0 Å². The molecular weight excluding hydrogens is 234 g/mol. The van der Waals surface area contributed by atoms with Crippen molar-refractivity contribution in [2.75, 3.05) is 0 Å². The standard InChI is InChI=1S/C13H14ClN3/c1-9-5-6-11-12(14)16-13(17(11)8-9)10-4-2-3-7-15-10/h2-4,7,9H,5-6,8H2,1H3. The lowest BCUT2D eigenvalue weighted by Crippen LogP contribution is -2.18. The van der Waals surface area contributed by atoms with Crippen LogP contribution in [-0.2, 0) is 13.0 Å². The molecule has 0 saturated carbocycles. The monoisotopic (exact) mass is 247 g/mol. The summed E-state index contributed by atoms with van der Waals surface area (Å²) in [4.78, 5) is 8.82. The van der Waals surface area contributed by atoms with Crippen LogP contribution in [0.1, 0.15) is 19.0 Å². The van der Waals surface area contributed by atoms with E-state index in [1.165, 1.54) is 6.42 Å². The molecule has 1 unspecified atom stereocenters. The van der Waals surface area contributed by atoms with Gasteiger partial charge in [-0.05, 0) is 30.9 Å². The summed E-state index contributed by atoms with van der Waals surface area (Å²) < 4.78 is 2.22. The minimum absolute atomic E-state index is 0.637. The summed E-state index contributed by atoms with van der Waals surface area (Å²) in [5.74, 6) is 1.58. The van der Waals surface area contributed by atoms with Gasteiger partial charge in [-0.25, -0.2) is 4.98 Å². The van der Waals surface area contributed by atoms with Crippen LogP contribution in [0.5, 0.6) is 0 Å². The van der Waals surface area contributed by atoms with E-state index in [-0.39, 0.29) is 0 Å². The average molecular weight is 248 g/mol. The second-order valence-electron chi connectivity index (χ2n) is 4.64. The summed E-state index contributed by atoms with van der Waals surface area (Å²) in [5.41, 5.74) is 2.06. The van der Waals surface area contributed by atoms with Gasteiger partial charge in [-0.15, -0.1) is 0 Å². The third-order valence-corrected chi connectivity index (χ3v) is 3.59. The van der Waals surface area contributed by atoms with Crippen LogP contribution in [0.2, 0.25) is 5.15 Å². The molecule has 4 heteroatoms. The maximum atomic E-state index is 6.20. The fourth-order valence-electron chi connectivity index (χ4n) is 2.37. The van der Waals surface area contributed by atoms with Crippen LogP contribution in [0.4, 0.5) is 0 Å². The highest BCUT2D eigenvalue weighted by Crippen LogP contribution is 2.30. The number of hydrogen-bond donors (Lipinski definition) is 0. The lowest BCUT2D eigenvalue weighted by Gasteiger charge is -2.22. The Morgan fingerprint density at radius 1 is 1.41 bits per heavy atom. The van der Waals surface area contributed by atoms with Crippen LogP contribution in [0.15, 0.2) is 24.4 Å². The molecule has 2 aromatic rings. The Bertz CT molecular complexity index is 533. The van der Waals surface area contributed by atoms with Crippen molar-refractivity contribution in [2.24, 2.45) is 5.92 Å². The Balaban J connectivity index is 2.13. The van der Waals surface area contributed by atoms with E-state index in [1.807, 2.05) is 18.2 Å². The molecule has 0 spiro atoms. The first kappa shape index (κ1) is 10.8. The highest BCUT2D eigenvalue weighted by molar-refractivity contribution is 6.30. The molecule has 1 atom stereocenters. The van der Waals surface area contributed by atoms with Crippen LogP contribution in [0, 0.1) is 5.92 Å². The predicted octanol–water partition coefficient (Wildman–Crippen LogP) is 3.18. The summed E-state index contributed by atoms with van der Waals surface area (Å²) in [5, 5.41) is 0.637. The summed E-state index contributed by atoms with van der Waals surface area (Å²) in [6.45, 7) is 3.25. The lowest BCUT2D eigenvalue weighted by molar-refractivity contribution is 0.402. The van der Waals surface area contributed by atoms with Gasteiger partial charge in [0.1, 0.15) is 5.69 Å². The number of nitrogens with zero attached hydrogens (tertiary/aromatic N) is 3. The molecule has 2 aromatic heterocycles. The Morgan fingerprint density at radius 2 is 2.29 bits per heavy atom. The molecule has 0 radical (unpaired) electrons. The molecule has 0 bridgehead atoms. The first-order valence-electron chi connectivity index (χ1n) is 5.92. The molecule has 3 heterocycles. The number of halogens is 1. The van der Waals surface area contributed by atoms with E-state index in [9.17, 15) is 0 Å². The van der Waals surface area contributed by atoms with Gasteiger partial charge < -0.3 is 4.57 Å². The number of pyridine rings is 1. The molecule has 0 aromatic carbocycles. The number of hydrogen-bond acceptors (Lipinski definition) is 2. The third-order valence-electron chi connectivity index (χ3n) is 3.29. The van der Waals surface area contributed by atoms with Gasteiger partial charge in [-0.1, -0.05) is 24.6 Å². The quantitative estimate of drug-likeness (QED) is 0.775. The predicted molar refractivity (Wildman–Crippen MR) is 68.0 cm³/mol. The second-order valence-corrected chi connectivity index (χ2v) is 5.00. The van der Waals surface area contributed by atoms with Crippen LogP contribution >= 0.6 is 11.6 Å². The largest absolute Gasteiger partial charge is 0.325 e. The van der Waals surface area contributed by atoms with Gasteiger partial charge in [0.25, 0.3) is 0 Å². The lowest BCUT2D eigenvalue weighted by atomic mass is 10.0. The van der Waals surface area contributed by atoms with Crippen LogP contribution in [0.3, 0.4) is 0 Å². The van der Waals surface area contributed by atoms with E-state index >= 15 is 0 Å². The van der Waals surface area contributed by atoms with Crippen molar-refractivity contribution >= 4 is 11.6 Å². The molecule has 0 fully saturated rings. The van der Waals surface area contributed by atoms with Gasteiger partial charge in [0, 0.05) is 12.7 Å². The Kier molecular flexibility index (Phi) is 2.63. The van der Waals surface area contributed by atoms with Crippen LogP contribution in [-0.4, -0.2) is 14.5 Å². The van der Waals surface area contributed by atoms with Crippen LogP contribution in [0.25, 0.3) is 11.5 Å². The van der Waals surface area contributed by atoms with Gasteiger partial charge in [-0.3, -0.25) is 4.98 Å². The van der Waals surface area contributed by atoms with Crippen molar-refractivity contribution in [3.05, 3.63) is 35.2 Å². The minimum Gasteiger partial charge on any atom is -0.325 e. The average Bonchev–Trinajstić information content (AvgIpc) is 2.67. The maximum absolute atomic E-state index is 6.20. The zero-order chi connectivity index (χ0) is 11.8. The molecule has 0 aliphatic carbocycles. The molecule has 1 aliphatic heterocycles. The van der Waals surface area contributed by atoms with E-state index in [0.717, 1.165) is 30.2 Å². The van der Waals surface area contributed by atoms with Gasteiger partial charge in [0.2, 0.25) is 0 Å². The molecule has 3 nitrogen and oxygen atoms in total. The SMILES string of the molecule is CC1CCc2c(Cl)nc(-c3ccccn3)n2C1. The Hall–Kier alpha value is -1.35. The van der Waals surface area contributed by atoms with Crippen molar-refractivity contribution in [3.63, 3.8) is 0 Å². The van der Waals surface area contributed by atoms with Crippen LogP contribution < -0.4 is 0 Å². The van der Waals surface area contributed by atoms with E-state index in [1.54, 1.807) is 6.20 Å². The first-order valence-corrected chi connectivity index (χ1v) is 6.30. The van der Waals surface area contributed by atoms with Gasteiger partial charge in [0.15, 0.2) is 11.0 Å². The first-order chi connectivity index (χ1) is 8.25. The molecule has 0 saturated heterocycles. The van der Waals surface area contributed by atoms with E-state index in [4.69, 9.17) is 11.6 Å². The maximum Gasteiger partial charge on any atom is 0.160 e. The normalized spacial score (nSPS) is 19.1. The highest BCUT2D eigenvalue weighted by Gasteiger charge is 2.23. The van der Waals surface area contributed by atoms with Crippen molar-refractivity contribution < 1.29 is 0 Å². The zero-order valence-corrected chi connectivity index (χ0v) is 10.5. The smallest absolute Gasteiger partial charge is 0.160 e. The second kappa shape index (κ2) is 4.15. The Morgan fingerprint density at radius 3 is 3.06 bits per heavy atom. The van der Waals surface area contributed by atoms with Crippen molar-refractivity contribution in [1.29, 1.82) is 0 Å². The summed E-state index contributed by atoms with van der Waals surface area (Å²) in [6, 6.07) is 5.86. The number of aromatic nitrogens is 3. The summed E-state index contributed by atoms with van der Waals surface area (Å²) in [6.07, 6.45) is 3.99. The molecule has 88 valence electrons. The Labute approximate surface area is 105 Å². The van der Waals surface area contributed by atoms with Crippen molar-refractivity contribution in [3.8, 4) is 11.5 Å². The number of fused-ring (bicyclic) bond motifs is 1. The molecule has 0 amide bonds. The summed E-state index contributed by atoms with van der Waals surface area (Å²) in [7, 11) is 0. The van der Waals surface area contributed by atoms with E-state index in [0.29, 0.717) is 11.1 Å².